The Bertz CT molecular complexity index is 1390. The number of likely N-dealkylation sites (tertiary alicyclic amines) is 1. The van der Waals surface area contributed by atoms with E-state index >= 15 is 0 Å². The Morgan fingerprint density at radius 2 is 1.74 bits per heavy atom. The molecule has 2 aliphatic rings. The van der Waals surface area contributed by atoms with Crippen LogP contribution in [0.25, 0.3) is 11.3 Å². The van der Waals surface area contributed by atoms with Crippen LogP contribution in [0.1, 0.15) is 62.3 Å². The van der Waals surface area contributed by atoms with Gasteiger partial charge in [-0.1, -0.05) is 45.0 Å². The monoisotopic (exact) mass is 537 g/mol. The van der Waals surface area contributed by atoms with Crippen LogP contribution in [0.5, 0.6) is 0 Å². The lowest BCUT2D eigenvalue weighted by atomic mass is 9.62. The van der Waals surface area contributed by atoms with Crippen LogP contribution in [0.2, 0.25) is 0 Å². The Morgan fingerprint density at radius 1 is 1.08 bits per heavy atom. The summed E-state index contributed by atoms with van der Waals surface area (Å²) in [5.41, 5.74) is 2.94. The van der Waals surface area contributed by atoms with Gasteiger partial charge in [0.25, 0.3) is 0 Å². The zero-order chi connectivity index (χ0) is 27.3. The largest absolute Gasteiger partial charge is 0.380 e. The van der Waals surface area contributed by atoms with Crippen molar-refractivity contribution in [1.29, 1.82) is 0 Å². The van der Waals surface area contributed by atoms with Gasteiger partial charge in [-0.25, -0.2) is 17.7 Å². The summed E-state index contributed by atoms with van der Waals surface area (Å²) >= 11 is 0. The van der Waals surface area contributed by atoms with Crippen molar-refractivity contribution in [3.63, 3.8) is 0 Å². The minimum Gasteiger partial charge on any atom is -0.380 e. The number of hydrogen-bond donors (Lipinski definition) is 1. The molecular weight excluding hydrogens is 498 g/mol. The van der Waals surface area contributed by atoms with E-state index in [0.29, 0.717) is 19.0 Å². The zero-order valence-corrected chi connectivity index (χ0v) is 23.8. The number of nitrogens with zero attached hydrogens (tertiary/aromatic N) is 5. The highest BCUT2D eigenvalue weighted by molar-refractivity contribution is 7.88. The van der Waals surface area contributed by atoms with Crippen LogP contribution in [0.4, 0.5) is 0 Å². The quantitative estimate of drug-likeness (QED) is 0.492. The fourth-order valence-corrected chi connectivity index (χ4v) is 7.16. The molecule has 2 aromatic heterocycles. The van der Waals surface area contributed by atoms with Gasteiger partial charge in [-0.05, 0) is 43.0 Å². The van der Waals surface area contributed by atoms with Crippen molar-refractivity contribution in [1.82, 2.24) is 23.7 Å². The second kappa shape index (κ2) is 9.86. The van der Waals surface area contributed by atoms with Crippen molar-refractivity contribution in [3.8, 4) is 11.3 Å². The molecule has 0 amide bonds. The third kappa shape index (κ3) is 4.81. The maximum absolute atomic E-state index is 12.5. The van der Waals surface area contributed by atoms with E-state index in [9.17, 15) is 13.5 Å². The lowest BCUT2D eigenvalue weighted by Crippen LogP contribution is -2.63. The van der Waals surface area contributed by atoms with Crippen molar-refractivity contribution in [2.45, 2.75) is 51.2 Å². The summed E-state index contributed by atoms with van der Waals surface area (Å²) in [5.74, 6) is 0.418. The van der Waals surface area contributed by atoms with Gasteiger partial charge < -0.3 is 14.6 Å². The fourth-order valence-electron chi connectivity index (χ4n) is 6.28. The van der Waals surface area contributed by atoms with E-state index in [1.54, 1.807) is 16.7 Å². The number of aromatic nitrogens is 3. The summed E-state index contributed by atoms with van der Waals surface area (Å²) in [6.07, 6.45) is 10.2. The molecule has 204 valence electrons. The lowest BCUT2D eigenvalue weighted by molar-refractivity contribution is -0.127. The molecule has 0 saturated carbocycles. The van der Waals surface area contributed by atoms with Gasteiger partial charge in [-0.2, -0.15) is 0 Å². The van der Waals surface area contributed by atoms with Crippen molar-refractivity contribution in [2.75, 3.05) is 39.5 Å². The van der Waals surface area contributed by atoms with Gasteiger partial charge in [0.1, 0.15) is 5.60 Å². The van der Waals surface area contributed by atoms with E-state index in [1.165, 1.54) is 11.8 Å². The number of aliphatic hydroxyl groups is 1. The molecule has 4 heterocycles. The minimum atomic E-state index is -3.16. The smallest absolute Gasteiger partial charge is 0.211 e. The van der Waals surface area contributed by atoms with Gasteiger partial charge in [-0.15, -0.1) is 0 Å². The highest BCUT2D eigenvalue weighted by Gasteiger charge is 2.55. The Balaban J connectivity index is 1.45. The molecule has 38 heavy (non-hydrogen) atoms. The molecule has 5 rings (SSSR count). The fraction of sp³-hybridized carbons (Fsp3) is 0.517. The summed E-state index contributed by atoms with van der Waals surface area (Å²) in [5, 5.41) is 12.5. The van der Waals surface area contributed by atoms with Crippen LogP contribution >= 0.6 is 0 Å². The predicted octanol–water partition coefficient (Wildman–Crippen LogP) is 3.85. The third-order valence-electron chi connectivity index (χ3n) is 8.47. The standard InChI is InChI=1S/C29H39N5O3S/c1-21(2)22-6-8-24(9-7-22)29(35,28(3)18-32(4)19-28)25-14-23(15-30-16-25)27-17-33(20-31-27)26-10-12-34(13-11-26)38(5,36)37/h6-9,14-17,20-21,26,35H,10-13,18-19H2,1-5H3/t29-/m0/s1. The van der Waals surface area contributed by atoms with Crippen molar-refractivity contribution in [2.24, 2.45) is 5.41 Å². The highest BCUT2D eigenvalue weighted by atomic mass is 32.2. The first-order valence-corrected chi connectivity index (χ1v) is 15.2. The molecule has 2 fully saturated rings. The molecule has 0 bridgehead atoms. The number of rotatable bonds is 7. The molecular formula is C29H39N5O3S. The molecule has 0 aliphatic carbocycles. The highest BCUT2D eigenvalue weighted by Crippen LogP contribution is 2.50. The van der Waals surface area contributed by atoms with Crippen LogP contribution < -0.4 is 0 Å². The molecule has 2 saturated heterocycles. The minimum absolute atomic E-state index is 0.200. The van der Waals surface area contributed by atoms with Gasteiger partial charge in [0.2, 0.25) is 10.0 Å². The normalized spacial score (nSPS) is 20.8. The average molecular weight is 538 g/mol. The van der Waals surface area contributed by atoms with Gasteiger partial charge in [0.05, 0.1) is 18.3 Å². The van der Waals surface area contributed by atoms with E-state index in [0.717, 1.165) is 48.3 Å². The summed E-state index contributed by atoms with van der Waals surface area (Å²) in [4.78, 5) is 11.4. The van der Waals surface area contributed by atoms with Crippen molar-refractivity contribution >= 4 is 10.0 Å². The zero-order valence-electron chi connectivity index (χ0n) is 23.0. The first-order valence-electron chi connectivity index (χ1n) is 13.4. The second-order valence-electron chi connectivity index (χ2n) is 11.8. The van der Waals surface area contributed by atoms with Crippen LogP contribution in [-0.2, 0) is 15.6 Å². The van der Waals surface area contributed by atoms with Crippen molar-refractivity contribution < 1.29 is 13.5 Å². The maximum atomic E-state index is 12.5. The molecule has 1 atom stereocenters. The topological polar surface area (TPSA) is 91.6 Å². The SMILES string of the molecule is CC(C)c1ccc([C@](O)(c2cncc(-c3cn(C4CCN(S(C)(=O)=O)CC4)cn3)c2)C2(C)CN(C)C2)cc1. The molecule has 8 nitrogen and oxygen atoms in total. The van der Waals surface area contributed by atoms with Crippen LogP contribution in [0, 0.1) is 5.41 Å². The number of piperidine rings is 1. The van der Waals surface area contributed by atoms with Crippen LogP contribution in [0.15, 0.2) is 55.2 Å². The Morgan fingerprint density at radius 3 is 2.32 bits per heavy atom. The van der Waals surface area contributed by atoms with Crippen LogP contribution in [0.3, 0.4) is 0 Å². The molecule has 1 aromatic carbocycles. The summed E-state index contributed by atoms with van der Waals surface area (Å²) in [6.45, 7) is 9.08. The van der Waals surface area contributed by atoms with E-state index in [2.05, 4.69) is 71.5 Å². The second-order valence-corrected chi connectivity index (χ2v) is 13.8. The van der Waals surface area contributed by atoms with E-state index in [4.69, 9.17) is 0 Å². The molecule has 3 aromatic rings. The van der Waals surface area contributed by atoms with E-state index in [-0.39, 0.29) is 11.5 Å². The van der Waals surface area contributed by atoms with Crippen LogP contribution in [-0.4, -0.2) is 76.7 Å². The third-order valence-corrected chi connectivity index (χ3v) is 9.78. The van der Waals surface area contributed by atoms with E-state index in [1.807, 2.05) is 18.6 Å². The van der Waals surface area contributed by atoms with Crippen molar-refractivity contribution in [3.05, 3.63) is 71.9 Å². The maximum Gasteiger partial charge on any atom is 0.211 e. The number of pyridine rings is 1. The molecule has 0 spiro atoms. The number of benzene rings is 1. The van der Waals surface area contributed by atoms with Gasteiger partial charge in [0.15, 0.2) is 0 Å². The van der Waals surface area contributed by atoms with Gasteiger partial charge in [0, 0.05) is 67.4 Å². The predicted molar refractivity (Wildman–Crippen MR) is 149 cm³/mol. The Hall–Kier alpha value is -2.59. The number of hydrogen-bond acceptors (Lipinski definition) is 6. The van der Waals surface area contributed by atoms with E-state index < -0.39 is 15.6 Å². The average Bonchev–Trinajstić information content (AvgIpc) is 3.37. The summed E-state index contributed by atoms with van der Waals surface area (Å²) < 4.78 is 27.4. The first kappa shape index (κ1) is 27.0. The molecule has 2 aliphatic heterocycles. The summed E-state index contributed by atoms with van der Waals surface area (Å²) in [6, 6.07) is 10.6. The number of sulfonamides is 1. The Labute approximate surface area is 226 Å². The summed E-state index contributed by atoms with van der Waals surface area (Å²) in [7, 11) is -1.08. The lowest BCUT2D eigenvalue weighted by Gasteiger charge is -2.55. The van der Waals surface area contributed by atoms with Gasteiger partial charge >= 0.3 is 0 Å². The molecule has 9 heteroatoms. The number of imidazole rings is 1. The first-order chi connectivity index (χ1) is 17.9. The molecule has 0 radical (unpaired) electrons. The molecule has 0 unspecified atom stereocenters. The van der Waals surface area contributed by atoms with Gasteiger partial charge in [-0.3, -0.25) is 4.98 Å². The molecule has 1 N–H and O–H groups in total. The Kier molecular flexibility index (Phi) is 7.01.